The van der Waals surface area contributed by atoms with Crippen LogP contribution in [0.4, 0.5) is 5.69 Å². The predicted molar refractivity (Wildman–Crippen MR) is 118 cm³/mol. The van der Waals surface area contributed by atoms with Crippen molar-refractivity contribution in [3.8, 4) is 0 Å². The van der Waals surface area contributed by atoms with Gasteiger partial charge in [-0.1, -0.05) is 48.0 Å². The molecule has 0 bridgehead atoms. The van der Waals surface area contributed by atoms with Crippen LogP contribution in [-0.2, 0) is 19.7 Å². The minimum atomic E-state index is -1.45. The summed E-state index contributed by atoms with van der Waals surface area (Å²) in [6.45, 7) is 0. The van der Waals surface area contributed by atoms with E-state index in [1.54, 1.807) is 0 Å². The van der Waals surface area contributed by atoms with E-state index in [0.717, 1.165) is 16.1 Å². The van der Waals surface area contributed by atoms with Gasteiger partial charge in [-0.2, -0.15) is 0 Å². The van der Waals surface area contributed by atoms with Gasteiger partial charge in [0, 0.05) is 10.6 Å². The summed E-state index contributed by atoms with van der Waals surface area (Å²) in [5.74, 6) is 0.713. The maximum atomic E-state index is 12.3. The van der Waals surface area contributed by atoms with Crippen molar-refractivity contribution < 1.29 is 9.67 Å². The lowest BCUT2D eigenvalue weighted by Crippen LogP contribution is -2.48. The van der Waals surface area contributed by atoms with E-state index in [1.165, 1.54) is 11.3 Å². The monoisotopic (exact) mass is 422 g/mol. The first-order valence-corrected chi connectivity index (χ1v) is 10.4. The van der Waals surface area contributed by atoms with Gasteiger partial charge in [-0.05, 0) is 35.7 Å². The first kappa shape index (κ1) is 19.6. The third-order valence-electron chi connectivity index (χ3n) is 4.84. The Morgan fingerprint density at radius 1 is 1.07 bits per heavy atom. The van der Waals surface area contributed by atoms with Crippen LogP contribution in [0.5, 0.6) is 0 Å². The standard InChI is InChI=1S/C23H21ClN3OS/c1-26-14-15-27(2)22(26)23(28,20-9-6-16-29-20)21(17-10-12-18(24)13-11-17)25-19-7-4-3-5-8-19/h3-16,28H,1-2H3/q+1. The van der Waals surface area contributed by atoms with E-state index < -0.39 is 5.60 Å². The number of hydrogen-bond acceptors (Lipinski definition) is 3. The van der Waals surface area contributed by atoms with Gasteiger partial charge in [-0.15, -0.1) is 11.3 Å². The molecular weight excluding hydrogens is 402 g/mol. The molecule has 4 rings (SSSR count). The van der Waals surface area contributed by atoms with Crippen molar-refractivity contribution in [2.75, 3.05) is 0 Å². The molecule has 146 valence electrons. The van der Waals surface area contributed by atoms with E-state index in [1.807, 2.05) is 108 Å². The van der Waals surface area contributed by atoms with E-state index in [-0.39, 0.29) is 0 Å². The Morgan fingerprint density at radius 2 is 1.79 bits per heavy atom. The summed E-state index contributed by atoms with van der Waals surface area (Å²) < 4.78 is 3.85. The van der Waals surface area contributed by atoms with Gasteiger partial charge in [-0.3, -0.25) is 0 Å². The van der Waals surface area contributed by atoms with Gasteiger partial charge in [0.15, 0.2) is 0 Å². The fourth-order valence-corrected chi connectivity index (χ4v) is 4.46. The Labute approximate surface area is 179 Å². The van der Waals surface area contributed by atoms with Crippen molar-refractivity contribution in [3.05, 3.63) is 106 Å². The van der Waals surface area contributed by atoms with Crippen molar-refractivity contribution in [1.82, 2.24) is 4.57 Å². The number of rotatable bonds is 5. The third-order valence-corrected chi connectivity index (χ3v) is 6.07. The first-order valence-electron chi connectivity index (χ1n) is 9.18. The second-order valence-corrected chi connectivity index (χ2v) is 8.22. The quantitative estimate of drug-likeness (QED) is 0.370. The summed E-state index contributed by atoms with van der Waals surface area (Å²) in [6.07, 6.45) is 3.85. The van der Waals surface area contributed by atoms with Crippen molar-refractivity contribution in [2.24, 2.45) is 19.1 Å². The largest absolute Gasteiger partial charge is 0.368 e. The van der Waals surface area contributed by atoms with Crippen LogP contribution in [-0.4, -0.2) is 15.4 Å². The van der Waals surface area contributed by atoms with Gasteiger partial charge in [-0.25, -0.2) is 14.1 Å². The number of halogens is 1. The maximum Gasteiger partial charge on any atom is 0.300 e. The summed E-state index contributed by atoms with van der Waals surface area (Å²) in [5.41, 5.74) is 0.657. The Hall–Kier alpha value is -2.73. The number of aromatic nitrogens is 2. The highest BCUT2D eigenvalue weighted by Crippen LogP contribution is 2.36. The summed E-state index contributed by atoms with van der Waals surface area (Å²) in [7, 11) is 3.85. The van der Waals surface area contributed by atoms with Crippen LogP contribution in [0, 0.1) is 0 Å². The second kappa shape index (κ2) is 7.95. The number of thiophene rings is 1. The van der Waals surface area contributed by atoms with E-state index in [0.29, 0.717) is 16.6 Å². The number of aliphatic hydroxyl groups is 1. The number of hydrogen-bond donors (Lipinski definition) is 1. The van der Waals surface area contributed by atoms with Crippen molar-refractivity contribution >= 4 is 34.3 Å². The number of aliphatic imine (C=N–C) groups is 1. The van der Waals surface area contributed by atoms with Crippen molar-refractivity contribution in [2.45, 2.75) is 5.60 Å². The fraction of sp³-hybridized carbons (Fsp3) is 0.130. The zero-order valence-electron chi connectivity index (χ0n) is 16.2. The average molecular weight is 423 g/mol. The molecule has 0 aliphatic rings. The third kappa shape index (κ3) is 3.65. The molecule has 0 aliphatic carbocycles. The van der Waals surface area contributed by atoms with E-state index in [9.17, 15) is 5.11 Å². The second-order valence-electron chi connectivity index (χ2n) is 6.83. The zero-order chi connectivity index (χ0) is 20.4. The van der Waals surface area contributed by atoms with E-state index in [2.05, 4.69) is 0 Å². The normalized spacial score (nSPS) is 14.0. The molecule has 0 radical (unpaired) electrons. The molecule has 0 amide bonds. The molecule has 1 N–H and O–H groups in total. The highest BCUT2D eigenvalue weighted by Gasteiger charge is 2.48. The average Bonchev–Trinajstić information content (AvgIpc) is 3.38. The summed E-state index contributed by atoms with van der Waals surface area (Å²) in [4.78, 5) is 5.72. The summed E-state index contributed by atoms with van der Waals surface area (Å²) in [6, 6.07) is 21.0. The molecule has 0 aliphatic heterocycles. The Balaban J connectivity index is 2.04. The molecule has 4 nitrogen and oxygen atoms in total. The molecule has 4 aromatic rings. The minimum absolute atomic E-state index is 0.542. The summed E-state index contributed by atoms with van der Waals surface area (Å²) in [5, 5.41) is 14.9. The summed E-state index contributed by atoms with van der Waals surface area (Å²) >= 11 is 7.63. The molecule has 6 heteroatoms. The molecule has 2 aromatic carbocycles. The van der Waals surface area contributed by atoms with Crippen LogP contribution in [0.15, 0.2) is 89.5 Å². The van der Waals surface area contributed by atoms with Crippen LogP contribution in [0.1, 0.15) is 16.3 Å². The van der Waals surface area contributed by atoms with Crippen molar-refractivity contribution in [1.29, 1.82) is 0 Å². The predicted octanol–water partition coefficient (Wildman–Crippen LogP) is 4.62. The van der Waals surface area contributed by atoms with Gasteiger partial charge in [0.2, 0.25) is 5.60 Å². The maximum absolute atomic E-state index is 12.3. The Kier molecular flexibility index (Phi) is 5.37. The lowest BCUT2D eigenvalue weighted by atomic mass is 9.88. The van der Waals surface area contributed by atoms with E-state index >= 15 is 0 Å². The van der Waals surface area contributed by atoms with Crippen LogP contribution in [0.25, 0.3) is 0 Å². The molecule has 29 heavy (non-hydrogen) atoms. The number of imidazole rings is 1. The highest BCUT2D eigenvalue weighted by atomic mass is 35.5. The van der Waals surface area contributed by atoms with Gasteiger partial charge in [0.1, 0.15) is 12.4 Å². The van der Waals surface area contributed by atoms with Crippen LogP contribution in [0.2, 0.25) is 5.02 Å². The molecule has 2 aromatic heterocycles. The van der Waals surface area contributed by atoms with Crippen LogP contribution >= 0.6 is 22.9 Å². The van der Waals surface area contributed by atoms with Gasteiger partial charge in [0.05, 0.1) is 30.4 Å². The molecule has 0 fully saturated rings. The molecular formula is C23H21ClN3OS+. The molecule has 1 unspecified atom stereocenters. The number of aryl methyl sites for hydroxylation is 2. The Morgan fingerprint density at radius 3 is 2.38 bits per heavy atom. The fourth-order valence-electron chi connectivity index (χ4n) is 3.51. The number of para-hydroxylation sites is 1. The molecule has 2 heterocycles. The van der Waals surface area contributed by atoms with Gasteiger partial charge < -0.3 is 5.11 Å². The van der Waals surface area contributed by atoms with Gasteiger partial charge in [0.25, 0.3) is 0 Å². The molecule has 0 saturated carbocycles. The SMILES string of the molecule is Cn1cc[n+](C)c1C(O)(C(=Nc1ccccc1)c1ccc(Cl)cc1)c1cccs1. The van der Waals surface area contributed by atoms with Crippen LogP contribution in [0.3, 0.4) is 0 Å². The first-order chi connectivity index (χ1) is 14.0. The zero-order valence-corrected chi connectivity index (χ0v) is 17.7. The number of benzene rings is 2. The molecule has 0 spiro atoms. The molecule has 1 atom stereocenters. The van der Waals surface area contributed by atoms with Crippen LogP contribution < -0.4 is 4.57 Å². The smallest absolute Gasteiger partial charge is 0.300 e. The van der Waals surface area contributed by atoms with Gasteiger partial charge >= 0.3 is 5.82 Å². The Bertz CT molecular complexity index is 1120. The molecule has 0 saturated heterocycles. The number of nitrogens with zero attached hydrogens (tertiary/aromatic N) is 3. The van der Waals surface area contributed by atoms with E-state index in [4.69, 9.17) is 16.6 Å². The topological polar surface area (TPSA) is 41.4 Å². The minimum Gasteiger partial charge on any atom is -0.368 e. The highest BCUT2D eigenvalue weighted by molar-refractivity contribution is 7.10. The van der Waals surface area contributed by atoms with Crippen molar-refractivity contribution in [3.63, 3.8) is 0 Å². The lowest BCUT2D eigenvalue weighted by molar-refractivity contribution is -0.683. The lowest BCUT2D eigenvalue weighted by Gasteiger charge is -2.26.